The highest BCUT2D eigenvalue weighted by atomic mass is 16.3. The topological polar surface area (TPSA) is 39.3 Å². The minimum absolute atomic E-state index is 0.674. The van der Waals surface area contributed by atoms with Crippen LogP contribution in [0.15, 0.2) is 30.5 Å². The molecule has 0 bridgehead atoms. The first-order valence-electron chi connectivity index (χ1n) is 6.67. The molecule has 3 nitrogen and oxygen atoms in total. The minimum atomic E-state index is -0.674. The summed E-state index contributed by atoms with van der Waals surface area (Å²) in [5, 5.41) is 12.2. The van der Waals surface area contributed by atoms with E-state index >= 15 is 0 Å². The van der Waals surface area contributed by atoms with Crippen LogP contribution in [0.3, 0.4) is 0 Å². The molecule has 1 aliphatic rings. The highest BCUT2D eigenvalue weighted by molar-refractivity contribution is 5.83. The fourth-order valence-electron chi connectivity index (χ4n) is 3.01. The van der Waals surface area contributed by atoms with Crippen molar-refractivity contribution >= 4 is 10.9 Å². The standard InChI is InChI=1S/C15H20N2O/c1-17-10-3-7-15(18,8-11-17)13-4-2-5-14-12(13)6-9-16-14/h2,4-6,9,16,18H,3,7-8,10-11H2,1H3. The molecule has 2 N–H and O–H groups in total. The second-order valence-corrected chi connectivity index (χ2v) is 5.43. The molecular weight excluding hydrogens is 224 g/mol. The van der Waals surface area contributed by atoms with Gasteiger partial charge < -0.3 is 15.0 Å². The van der Waals surface area contributed by atoms with Crippen molar-refractivity contribution in [2.45, 2.75) is 24.9 Å². The van der Waals surface area contributed by atoms with Gasteiger partial charge >= 0.3 is 0 Å². The van der Waals surface area contributed by atoms with E-state index < -0.39 is 5.60 Å². The Morgan fingerprint density at radius 1 is 1.22 bits per heavy atom. The zero-order valence-electron chi connectivity index (χ0n) is 10.8. The molecule has 0 amide bonds. The number of likely N-dealkylation sites (tertiary alicyclic amines) is 1. The molecule has 1 aliphatic heterocycles. The van der Waals surface area contributed by atoms with Crippen molar-refractivity contribution in [1.82, 2.24) is 9.88 Å². The molecule has 2 heterocycles. The van der Waals surface area contributed by atoms with Gasteiger partial charge in [0.05, 0.1) is 5.60 Å². The number of aromatic amines is 1. The lowest BCUT2D eigenvalue weighted by Crippen LogP contribution is -2.27. The summed E-state index contributed by atoms with van der Waals surface area (Å²) in [5.74, 6) is 0. The number of aromatic nitrogens is 1. The number of fused-ring (bicyclic) bond motifs is 1. The van der Waals surface area contributed by atoms with Crippen molar-refractivity contribution in [2.75, 3.05) is 20.1 Å². The van der Waals surface area contributed by atoms with Crippen LogP contribution in [-0.2, 0) is 5.60 Å². The van der Waals surface area contributed by atoms with E-state index in [1.165, 1.54) is 0 Å². The predicted molar refractivity (Wildman–Crippen MR) is 73.5 cm³/mol. The van der Waals surface area contributed by atoms with Crippen molar-refractivity contribution in [1.29, 1.82) is 0 Å². The van der Waals surface area contributed by atoms with Crippen molar-refractivity contribution in [3.05, 3.63) is 36.0 Å². The Morgan fingerprint density at radius 2 is 2.11 bits per heavy atom. The summed E-state index contributed by atoms with van der Waals surface area (Å²) in [6.07, 6.45) is 4.66. The third-order valence-corrected chi connectivity index (χ3v) is 4.13. The third-order valence-electron chi connectivity index (χ3n) is 4.13. The van der Waals surface area contributed by atoms with Crippen LogP contribution in [0.1, 0.15) is 24.8 Å². The monoisotopic (exact) mass is 244 g/mol. The van der Waals surface area contributed by atoms with Gasteiger partial charge in [-0.05, 0) is 50.6 Å². The molecule has 0 spiro atoms. The Morgan fingerprint density at radius 3 is 3.00 bits per heavy atom. The van der Waals surface area contributed by atoms with Crippen LogP contribution in [0, 0.1) is 0 Å². The minimum Gasteiger partial charge on any atom is -0.385 e. The van der Waals surface area contributed by atoms with E-state index in [-0.39, 0.29) is 0 Å². The molecule has 1 aromatic carbocycles. The molecule has 1 aromatic heterocycles. The lowest BCUT2D eigenvalue weighted by molar-refractivity contribution is 0.0233. The molecule has 3 heteroatoms. The van der Waals surface area contributed by atoms with Gasteiger partial charge in [-0.3, -0.25) is 0 Å². The maximum atomic E-state index is 11.0. The molecule has 1 fully saturated rings. The summed E-state index contributed by atoms with van der Waals surface area (Å²) in [5.41, 5.74) is 1.52. The summed E-state index contributed by atoms with van der Waals surface area (Å²) in [7, 11) is 2.13. The SMILES string of the molecule is CN1CCCC(O)(c2cccc3[nH]ccc23)CC1. The molecule has 96 valence electrons. The third kappa shape index (κ3) is 1.93. The van der Waals surface area contributed by atoms with Gasteiger partial charge in [0.2, 0.25) is 0 Å². The Hall–Kier alpha value is -1.32. The van der Waals surface area contributed by atoms with E-state index in [1.54, 1.807) is 0 Å². The summed E-state index contributed by atoms with van der Waals surface area (Å²) in [6, 6.07) is 8.23. The highest BCUT2D eigenvalue weighted by Crippen LogP contribution is 2.36. The average molecular weight is 244 g/mol. The van der Waals surface area contributed by atoms with E-state index in [2.05, 4.69) is 35.1 Å². The van der Waals surface area contributed by atoms with Gasteiger partial charge in [0.25, 0.3) is 0 Å². The number of H-pyrrole nitrogens is 1. The van der Waals surface area contributed by atoms with Gasteiger partial charge in [0.1, 0.15) is 0 Å². The summed E-state index contributed by atoms with van der Waals surface area (Å²) in [6.45, 7) is 2.03. The Bertz CT molecular complexity index is 548. The van der Waals surface area contributed by atoms with E-state index in [1.807, 2.05) is 12.3 Å². The van der Waals surface area contributed by atoms with Gasteiger partial charge in [-0.25, -0.2) is 0 Å². The van der Waals surface area contributed by atoms with E-state index in [4.69, 9.17) is 0 Å². The first-order valence-corrected chi connectivity index (χ1v) is 6.67. The molecular formula is C15H20N2O. The van der Waals surface area contributed by atoms with E-state index in [0.717, 1.165) is 48.8 Å². The first-order chi connectivity index (χ1) is 8.69. The predicted octanol–water partition coefficient (Wildman–Crippen LogP) is 2.47. The van der Waals surface area contributed by atoms with Gasteiger partial charge in [0, 0.05) is 23.6 Å². The first kappa shape index (κ1) is 11.8. The van der Waals surface area contributed by atoms with Crippen LogP contribution >= 0.6 is 0 Å². The van der Waals surface area contributed by atoms with Crippen LogP contribution in [0.25, 0.3) is 10.9 Å². The van der Waals surface area contributed by atoms with Crippen molar-refractivity contribution < 1.29 is 5.11 Å². The Kier molecular flexibility index (Phi) is 2.88. The van der Waals surface area contributed by atoms with Crippen molar-refractivity contribution in [3.8, 4) is 0 Å². The molecule has 1 saturated heterocycles. The van der Waals surface area contributed by atoms with Gasteiger partial charge in [-0.2, -0.15) is 0 Å². The second-order valence-electron chi connectivity index (χ2n) is 5.43. The van der Waals surface area contributed by atoms with Gasteiger partial charge in [0.15, 0.2) is 0 Å². The number of hydrogen-bond acceptors (Lipinski definition) is 2. The highest BCUT2D eigenvalue weighted by Gasteiger charge is 2.32. The number of rotatable bonds is 1. The summed E-state index contributed by atoms with van der Waals surface area (Å²) in [4.78, 5) is 5.52. The normalized spacial score (nSPS) is 26.3. The smallest absolute Gasteiger partial charge is 0.0915 e. The number of nitrogens with zero attached hydrogens (tertiary/aromatic N) is 1. The summed E-state index contributed by atoms with van der Waals surface area (Å²) >= 11 is 0. The van der Waals surface area contributed by atoms with Crippen LogP contribution in [0.5, 0.6) is 0 Å². The largest absolute Gasteiger partial charge is 0.385 e. The summed E-state index contributed by atoms with van der Waals surface area (Å²) < 4.78 is 0. The molecule has 3 rings (SSSR count). The number of benzene rings is 1. The number of hydrogen-bond donors (Lipinski definition) is 2. The van der Waals surface area contributed by atoms with Crippen molar-refractivity contribution in [3.63, 3.8) is 0 Å². The van der Waals surface area contributed by atoms with Gasteiger partial charge in [-0.1, -0.05) is 12.1 Å². The van der Waals surface area contributed by atoms with Crippen LogP contribution < -0.4 is 0 Å². The van der Waals surface area contributed by atoms with Crippen LogP contribution in [0.4, 0.5) is 0 Å². The molecule has 0 radical (unpaired) electrons. The molecule has 1 unspecified atom stereocenters. The van der Waals surface area contributed by atoms with Gasteiger partial charge in [-0.15, -0.1) is 0 Å². The molecule has 18 heavy (non-hydrogen) atoms. The Balaban J connectivity index is 2.04. The lowest BCUT2D eigenvalue weighted by atomic mass is 9.85. The lowest BCUT2D eigenvalue weighted by Gasteiger charge is -2.28. The zero-order valence-corrected chi connectivity index (χ0v) is 10.8. The molecule has 2 aromatic rings. The zero-order chi connectivity index (χ0) is 12.6. The van der Waals surface area contributed by atoms with Crippen LogP contribution in [0.2, 0.25) is 0 Å². The maximum Gasteiger partial charge on any atom is 0.0915 e. The Labute approximate surface area is 107 Å². The molecule has 1 atom stereocenters. The molecule has 0 saturated carbocycles. The van der Waals surface area contributed by atoms with Crippen molar-refractivity contribution in [2.24, 2.45) is 0 Å². The number of nitrogens with one attached hydrogen (secondary N) is 1. The fourth-order valence-corrected chi connectivity index (χ4v) is 3.01. The quantitative estimate of drug-likeness (QED) is 0.809. The van der Waals surface area contributed by atoms with E-state index in [9.17, 15) is 5.11 Å². The van der Waals surface area contributed by atoms with Crippen LogP contribution in [-0.4, -0.2) is 35.1 Å². The fraction of sp³-hybridized carbons (Fsp3) is 0.467. The number of aliphatic hydroxyl groups is 1. The average Bonchev–Trinajstić information content (AvgIpc) is 2.77. The molecule has 0 aliphatic carbocycles. The second kappa shape index (κ2) is 4.41. The maximum absolute atomic E-state index is 11.0. The van der Waals surface area contributed by atoms with E-state index in [0.29, 0.717) is 0 Å².